The van der Waals surface area contributed by atoms with Gasteiger partial charge in [-0.1, -0.05) is 11.6 Å². The highest BCUT2D eigenvalue weighted by molar-refractivity contribution is 6.32. The second kappa shape index (κ2) is 6.19. The van der Waals surface area contributed by atoms with Crippen LogP contribution in [0.5, 0.6) is 0 Å². The minimum Gasteiger partial charge on any atom is -0.332 e. The van der Waals surface area contributed by atoms with Gasteiger partial charge in [-0.3, -0.25) is 4.79 Å². The van der Waals surface area contributed by atoms with Crippen LogP contribution in [0.3, 0.4) is 0 Å². The number of fused-ring (bicyclic) bond motifs is 1. The van der Waals surface area contributed by atoms with Crippen LogP contribution in [0, 0.1) is 11.3 Å². The zero-order valence-electron chi connectivity index (χ0n) is 12.5. The van der Waals surface area contributed by atoms with Gasteiger partial charge >= 0.3 is 0 Å². The van der Waals surface area contributed by atoms with Crippen LogP contribution in [0.15, 0.2) is 30.7 Å². The zero-order chi connectivity index (χ0) is 16.4. The fourth-order valence-corrected chi connectivity index (χ4v) is 2.79. The molecule has 0 aliphatic carbocycles. The van der Waals surface area contributed by atoms with Crippen LogP contribution in [0.25, 0.3) is 22.3 Å². The van der Waals surface area contributed by atoms with Gasteiger partial charge in [-0.25, -0.2) is 9.97 Å². The lowest BCUT2D eigenvalue weighted by atomic mass is 10.0. The summed E-state index contributed by atoms with van der Waals surface area (Å²) in [5.74, 6) is 0. The second-order valence-electron chi connectivity index (χ2n) is 5.22. The molecule has 3 aromatic rings. The highest BCUT2D eigenvalue weighted by Crippen LogP contribution is 2.29. The van der Waals surface area contributed by atoms with E-state index in [2.05, 4.69) is 16.0 Å². The third kappa shape index (κ3) is 2.81. The molecule has 2 aromatic heterocycles. The van der Waals surface area contributed by atoms with E-state index < -0.39 is 0 Å². The average Bonchev–Trinajstić information content (AvgIpc) is 2.98. The Morgan fingerprint density at radius 2 is 2.22 bits per heavy atom. The Bertz CT molecular complexity index is 940. The van der Waals surface area contributed by atoms with E-state index in [1.54, 1.807) is 24.7 Å². The summed E-state index contributed by atoms with van der Waals surface area (Å²) in [5.41, 5.74) is 3.52. The summed E-state index contributed by atoms with van der Waals surface area (Å²) in [6, 6.07) is 7.44. The van der Waals surface area contributed by atoms with E-state index >= 15 is 0 Å². The lowest BCUT2D eigenvalue weighted by Crippen LogP contribution is -1.97. The average molecular weight is 325 g/mol. The molecule has 0 saturated carbocycles. The van der Waals surface area contributed by atoms with Gasteiger partial charge in [0.15, 0.2) is 6.29 Å². The monoisotopic (exact) mass is 324 g/mol. The first-order valence-electron chi connectivity index (χ1n) is 7.06. The van der Waals surface area contributed by atoms with Crippen LogP contribution in [0.2, 0.25) is 5.02 Å². The van der Waals surface area contributed by atoms with Crippen molar-refractivity contribution in [1.29, 1.82) is 5.26 Å². The first kappa shape index (κ1) is 15.2. The largest absolute Gasteiger partial charge is 0.332 e. The minimum atomic E-state index is 0.377. The van der Waals surface area contributed by atoms with Gasteiger partial charge in [-0.05, 0) is 30.2 Å². The number of benzene rings is 1. The number of nitriles is 1. The first-order valence-corrected chi connectivity index (χ1v) is 7.44. The van der Waals surface area contributed by atoms with Gasteiger partial charge in [-0.15, -0.1) is 0 Å². The van der Waals surface area contributed by atoms with Crippen LogP contribution in [-0.2, 0) is 13.5 Å². The standard InChI is InChI=1S/C17H13ClN4O/c1-22-10-20-8-17(22)16-6-12(9-23)13-5-11(3-2-4-19)14(18)7-15(13)21-16/h5-10H,2-3H2,1H3. The van der Waals surface area contributed by atoms with Gasteiger partial charge in [0.05, 0.1) is 35.5 Å². The molecule has 0 saturated heterocycles. The highest BCUT2D eigenvalue weighted by atomic mass is 35.5. The van der Waals surface area contributed by atoms with Crippen molar-refractivity contribution in [2.75, 3.05) is 0 Å². The quantitative estimate of drug-likeness (QED) is 0.688. The van der Waals surface area contributed by atoms with E-state index in [9.17, 15) is 4.79 Å². The third-order valence-corrected chi connectivity index (χ3v) is 4.07. The molecule has 0 bridgehead atoms. The molecule has 0 atom stereocenters. The van der Waals surface area contributed by atoms with E-state index in [0.717, 1.165) is 22.9 Å². The zero-order valence-corrected chi connectivity index (χ0v) is 13.2. The van der Waals surface area contributed by atoms with Crippen molar-refractivity contribution in [1.82, 2.24) is 14.5 Å². The van der Waals surface area contributed by atoms with Gasteiger partial charge < -0.3 is 4.57 Å². The number of halogens is 1. The summed E-state index contributed by atoms with van der Waals surface area (Å²) < 4.78 is 1.84. The van der Waals surface area contributed by atoms with E-state index in [0.29, 0.717) is 34.6 Å². The smallest absolute Gasteiger partial charge is 0.150 e. The molecule has 0 aliphatic heterocycles. The summed E-state index contributed by atoms with van der Waals surface area (Å²) in [6.45, 7) is 0. The molecular formula is C17H13ClN4O. The first-order chi connectivity index (χ1) is 11.1. The van der Waals surface area contributed by atoms with Crippen molar-refractivity contribution in [3.8, 4) is 17.5 Å². The number of pyridine rings is 1. The maximum atomic E-state index is 11.5. The number of rotatable bonds is 4. The Morgan fingerprint density at radius 3 is 2.87 bits per heavy atom. The second-order valence-corrected chi connectivity index (χ2v) is 5.63. The van der Waals surface area contributed by atoms with Crippen LogP contribution in [-0.4, -0.2) is 20.8 Å². The van der Waals surface area contributed by atoms with Crippen molar-refractivity contribution < 1.29 is 4.79 Å². The summed E-state index contributed by atoms with van der Waals surface area (Å²) in [4.78, 5) is 20.2. The predicted molar refractivity (Wildman–Crippen MR) is 88.3 cm³/mol. The summed E-state index contributed by atoms with van der Waals surface area (Å²) >= 11 is 6.29. The molecule has 23 heavy (non-hydrogen) atoms. The third-order valence-electron chi connectivity index (χ3n) is 3.72. The van der Waals surface area contributed by atoms with Crippen molar-refractivity contribution in [2.24, 2.45) is 7.05 Å². The number of aromatic nitrogens is 3. The van der Waals surface area contributed by atoms with Gasteiger partial charge in [0.1, 0.15) is 0 Å². The van der Waals surface area contributed by atoms with Crippen molar-refractivity contribution in [3.63, 3.8) is 0 Å². The maximum Gasteiger partial charge on any atom is 0.150 e. The van der Waals surface area contributed by atoms with Gasteiger partial charge in [0.25, 0.3) is 0 Å². The van der Waals surface area contributed by atoms with Crippen molar-refractivity contribution in [2.45, 2.75) is 12.8 Å². The molecule has 3 rings (SSSR count). The van der Waals surface area contributed by atoms with E-state index in [4.69, 9.17) is 16.9 Å². The molecule has 0 N–H and O–H groups in total. The Balaban J connectivity index is 2.21. The fourth-order valence-electron chi connectivity index (χ4n) is 2.53. The minimum absolute atomic E-state index is 0.377. The Hall–Kier alpha value is -2.71. The van der Waals surface area contributed by atoms with Crippen LogP contribution < -0.4 is 0 Å². The molecule has 1 aromatic carbocycles. The molecule has 0 fully saturated rings. The number of hydrogen-bond acceptors (Lipinski definition) is 4. The van der Waals surface area contributed by atoms with Gasteiger partial charge in [-0.2, -0.15) is 5.26 Å². The fraction of sp³-hybridized carbons (Fsp3) is 0.176. The molecule has 0 amide bonds. The Morgan fingerprint density at radius 1 is 1.39 bits per heavy atom. The van der Waals surface area contributed by atoms with Crippen molar-refractivity contribution in [3.05, 3.63) is 46.9 Å². The van der Waals surface area contributed by atoms with Gasteiger partial charge in [0, 0.05) is 29.4 Å². The summed E-state index contributed by atoms with van der Waals surface area (Å²) in [6.07, 6.45) is 5.12. The molecule has 0 spiro atoms. The van der Waals surface area contributed by atoms with Gasteiger partial charge in [0.2, 0.25) is 0 Å². The lowest BCUT2D eigenvalue weighted by molar-refractivity contribution is 0.112. The molecule has 2 heterocycles. The topological polar surface area (TPSA) is 71.6 Å². The van der Waals surface area contributed by atoms with E-state index in [1.165, 1.54) is 0 Å². The molecule has 0 radical (unpaired) electrons. The predicted octanol–water partition coefficient (Wildman–Crippen LogP) is 3.56. The Kier molecular flexibility index (Phi) is 4.09. The van der Waals surface area contributed by atoms with Crippen LogP contribution in [0.4, 0.5) is 0 Å². The molecule has 5 nitrogen and oxygen atoms in total. The number of aldehydes is 1. The van der Waals surface area contributed by atoms with Crippen LogP contribution in [0.1, 0.15) is 22.3 Å². The van der Waals surface area contributed by atoms with Crippen molar-refractivity contribution >= 4 is 28.8 Å². The number of carbonyl (C=O) groups is 1. The maximum absolute atomic E-state index is 11.5. The summed E-state index contributed by atoms with van der Waals surface area (Å²) in [5, 5.41) is 10.0. The summed E-state index contributed by atoms with van der Waals surface area (Å²) in [7, 11) is 1.87. The normalized spacial score (nSPS) is 10.7. The van der Waals surface area contributed by atoms with Crippen LogP contribution >= 0.6 is 11.6 Å². The number of hydrogen-bond donors (Lipinski definition) is 0. The number of imidazole rings is 1. The van der Waals surface area contributed by atoms with E-state index in [-0.39, 0.29) is 0 Å². The highest BCUT2D eigenvalue weighted by Gasteiger charge is 2.12. The SMILES string of the molecule is Cn1cncc1-c1cc(C=O)c2cc(CCC#N)c(Cl)cc2n1. The lowest BCUT2D eigenvalue weighted by Gasteiger charge is -2.09. The number of carbonyl (C=O) groups excluding carboxylic acids is 1. The molecule has 0 unspecified atom stereocenters. The molecule has 6 heteroatoms. The molecular weight excluding hydrogens is 312 g/mol. The number of aryl methyl sites for hydroxylation is 2. The molecule has 114 valence electrons. The number of nitrogens with zero attached hydrogens (tertiary/aromatic N) is 4. The van der Waals surface area contributed by atoms with E-state index in [1.807, 2.05) is 17.7 Å². The molecule has 0 aliphatic rings. The Labute approximate surface area is 138 Å².